The van der Waals surface area contributed by atoms with Gasteiger partial charge in [-0.05, 0) is 37.6 Å². The summed E-state index contributed by atoms with van der Waals surface area (Å²) in [6.45, 7) is 4.17. The number of benzene rings is 1. The average molecular weight is 410 g/mol. The molecule has 0 saturated heterocycles. The Morgan fingerprint density at radius 1 is 0.929 bits per heavy atom. The lowest BCUT2D eigenvalue weighted by molar-refractivity contribution is 0.558. The van der Waals surface area contributed by atoms with Gasteiger partial charge in [0.1, 0.15) is 0 Å². The molecule has 28 heavy (non-hydrogen) atoms. The molecular formula is C22H39N3O2S. The molecule has 0 atom stereocenters. The van der Waals surface area contributed by atoms with Crippen molar-refractivity contribution in [2.45, 2.75) is 78.1 Å². The van der Waals surface area contributed by atoms with Gasteiger partial charge in [-0.2, -0.15) is 0 Å². The van der Waals surface area contributed by atoms with Crippen molar-refractivity contribution in [3.63, 3.8) is 0 Å². The predicted molar refractivity (Wildman–Crippen MR) is 123 cm³/mol. The number of rotatable bonds is 14. The van der Waals surface area contributed by atoms with Crippen molar-refractivity contribution in [3.05, 3.63) is 24.3 Å². The lowest BCUT2D eigenvalue weighted by Crippen LogP contribution is -2.23. The van der Waals surface area contributed by atoms with Crippen LogP contribution in [-0.2, 0) is 10.0 Å². The molecule has 0 saturated carbocycles. The van der Waals surface area contributed by atoms with Crippen LogP contribution in [0.2, 0.25) is 0 Å². The predicted octanol–water partition coefficient (Wildman–Crippen LogP) is 5.83. The monoisotopic (exact) mass is 409 g/mol. The minimum atomic E-state index is -3.28. The second-order valence-corrected chi connectivity index (χ2v) is 9.32. The SMILES string of the molecule is CCCCCCCCCCCCS(=O)(=O)Nc1ccc(N(C)C(C)=NC)cc1. The average Bonchev–Trinajstić information content (AvgIpc) is 2.68. The van der Waals surface area contributed by atoms with Crippen LogP contribution in [-0.4, -0.2) is 34.1 Å². The summed E-state index contributed by atoms with van der Waals surface area (Å²) in [6, 6.07) is 7.38. The van der Waals surface area contributed by atoms with E-state index in [4.69, 9.17) is 0 Å². The highest BCUT2D eigenvalue weighted by Crippen LogP contribution is 2.19. The van der Waals surface area contributed by atoms with Gasteiger partial charge in [-0.25, -0.2) is 8.42 Å². The van der Waals surface area contributed by atoms with Gasteiger partial charge in [0.25, 0.3) is 0 Å². The minimum Gasteiger partial charge on any atom is -0.334 e. The maximum atomic E-state index is 12.3. The van der Waals surface area contributed by atoms with E-state index >= 15 is 0 Å². The molecule has 0 radical (unpaired) electrons. The van der Waals surface area contributed by atoms with Crippen LogP contribution >= 0.6 is 0 Å². The van der Waals surface area contributed by atoms with E-state index in [-0.39, 0.29) is 5.75 Å². The molecule has 1 N–H and O–H groups in total. The number of hydrogen-bond donors (Lipinski definition) is 1. The largest absolute Gasteiger partial charge is 0.334 e. The summed E-state index contributed by atoms with van der Waals surface area (Å²) in [7, 11) is 0.405. The third-order valence-electron chi connectivity index (χ3n) is 5.10. The van der Waals surface area contributed by atoms with E-state index in [0.29, 0.717) is 5.69 Å². The Bertz CT molecular complexity index is 670. The van der Waals surface area contributed by atoms with E-state index in [1.807, 2.05) is 31.0 Å². The molecule has 160 valence electrons. The van der Waals surface area contributed by atoms with Crippen molar-refractivity contribution in [3.8, 4) is 0 Å². The van der Waals surface area contributed by atoms with Crippen LogP contribution in [0.5, 0.6) is 0 Å². The number of unbranched alkanes of at least 4 members (excludes halogenated alkanes) is 9. The van der Waals surface area contributed by atoms with Crippen molar-refractivity contribution in [2.24, 2.45) is 4.99 Å². The topological polar surface area (TPSA) is 61.8 Å². The number of sulfonamides is 1. The standard InChI is InChI=1S/C22H39N3O2S/c1-5-6-7-8-9-10-11-12-13-14-19-28(26,27)24-21-15-17-22(18-16-21)25(4)20(2)23-3/h15-18,24H,5-14,19H2,1-4H3. The van der Waals surface area contributed by atoms with Gasteiger partial charge in [0.2, 0.25) is 10.0 Å². The number of aliphatic imine (C=N–C) groups is 1. The summed E-state index contributed by atoms with van der Waals surface area (Å²) in [5.41, 5.74) is 1.58. The lowest BCUT2D eigenvalue weighted by Gasteiger charge is -2.19. The Morgan fingerprint density at radius 2 is 1.43 bits per heavy atom. The highest BCUT2D eigenvalue weighted by atomic mass is 32.2. The molecule has 0 amide bonds. The van der Waals surface area contributed by atoms with E-state index in [0.717, 1.165) is 30.8 Å². The first-order valence-corrected chi connectivity index (χ1v) is 12.3. The third kappa shape index (κ3) is 10.1. The number of amidine groups is 1. The molecule has 5 nitrogen and oxygen atoms in total. The first-order valence-electron chi connectivity index (χ1n) is 10.7. The molecule has 0 bridgehead atoms. The van der Waals surface area contributed by atoms with Gasteiger partial charge >= 0.3 is 0 Å². The van der Waals surface area contributed by atoms with E-state index in [1.54, 1.807) is 19.2 Å². The Balaban J connectivity index is 2.27. The van der Waals surface area contributed by atoms with Gasteiger partial charge in [-0.1, -0.05) is 64.7 Å². The third-order valence-corrected chi connectivity index (χ3v) is 6.48. The molecule has 1 rings (SSSR count). The summed E-state index contributed by atoms with van der Waals surface area (Å²) >= 11 is 0. The van der Waals surface area contributed by atoms with Gasteiger partial charge in [0.05, 0.1) is 11.6 Å². The highest BCUT2D eigenvalue weighted by molar-refractivity contribution is 7.92. The van der Waals surface area contributed by atoms with Gasteiger partial charge in [0, 0.05) is 25.5 Å². The summed E-state index contributed by atoms with van der Waals surface area (Å²) < 4.78 is 27.2. The fraction of sp³-hybridized carbons (Fsp3) is 0.682. The van der Waals surface area contributed by atoms with Crippen LogP contribution in [0, 0.1) is 0 Å². The Kier molecular flexibility index (Phi) is 11.9. The highest BCUT2D eigenvalue weighted by Gasteiger charge is 2.11. The fourth-order valence-electron chi connectivity index (χ4n) is 3.10. The van der Waals surface area contributed by atoms with Crippen LogP contribution in [0.4, 0.5) is 11.4 Å². The number of hydrogen-bond acceptors (Lipinski definition) is 3. The Labute approximate surface area is 172 Å². The van der Waals surface area contributed by atoms with Crippen LogP contribution in [0.1, 0.15) is 78.1 Å². The molecule has 0 unspecified atom stereocenters. The van der Waals surface area contributed by atoms with Crippen molar-refractivity contribution in [1.29, 1.82) is 0 Å². The first-order chi connectivity index (χ1) is 13.4. The van der Waals surface area contributed by atoms with Crippen molar-refractivity contribution < 1.29 is 8.42 Å². The molecule has 0 aliphatic carbocycles. The summed E-state index contributed by atoms with van der Waals surface area (Å²) in [4.78, 5) is 6.11. The number of anilines is 2. The van der Waals surface area contributed by atoms with Crippen LogP contribution in [0.15, 0.2) is 29.3 Å². The zero-order valence-electron chi connectivity index (χ0n) is 18.2. The fourth-order valence-corrected chi connectivity index (χ4v) is 4.28. The first kappa shape index (κ1) is 24.5. The smallest absolute Gasteiger partial charge is 0.232 e. The molecule has 0 aliphatic heterocycles. The van der Waals surface area contributed by atoms with Crippen molar-refractivity contribution >= 4 is 27.2 Å². The maximum Gasteiger partial charge on any atom is 0.232 e. The van der Waals surface area contributed by atoms with Gasteiger partial charge in [0.15, 0.2) is 0 Å². The molecule has 6 heteroatoms. The molecule has 1 aromatic rings. The van der Waals surface area contributed by atoms with Crippen LogP contribution in [0.3, 0.4) is 0 Å². The normalized spacial score (nSPS) is 12.2. The maximum absolute atomic E-state index is 12.3. The van der Waals surface area contributed by atoms with E-state index in [9.17, 15) is 8.42 Å². The second kappa shape index (κ2) is 13.6. The Morgan fingerprint density at radius 3 is 1.93 bits per heavy atom. The molecule has 0 aliphatic rings. The van der Waals surface area contributed by atoms with E-state index in [1.165, 1.54) is 44.9 Å². The number of nitrogens with one attached hydrogen (secondary N) is 1. The van der Waals surface area contributed by atoms with E-state index < -0.39 is 10.0 Å². The van der Waals surface area contributed by atoms with Crippen LogP contribution in [0.25, 0.3) is 0 Å². The summed E-state index contributed by atoms with van der Waals surface area (Å²) in [6.07, 6.45) is 12.0. The lowest BCUT2D eigenvalue weighted by atomic mass is 10.1. The minimum absolute atomic E-state index is 0.187. The molecule has 0 spiro atoms. The quantitative estimate of drug-likeness (QED) is 0.239. The van der Waals surface area contributed by atoms with Gasteiger partial charge in [-0.15, -0.1) is 0 Å². The second-order valence-electron chi connectivity index (χ2n) is 7.48. The number of nitrogens with zero attached hydrogens (tertiary/aromatic N) is 2. The zero-order valence-corrected chi connectivity index (χ0v) is 19.0. The van der Waals surface area contributed by atoms with Crippen LogP contribution < -0.4 is 9.62 Å². The van der Waals surface area contributed by atoms with Gasteiger partial charge < -0.3 is 4.90 Å². The molecule has 0 fully saturated rings. The van der Waals surface area contributed by atoms with Gasteiger partial charge in [-0.3, -0.25) is 9.71 Å². The van der Waals surface area contributed by atoms with Crippen molar-refractivity contribution in [2.75, 3.05) is 29.5 Å². The molecular weight excluding hydrogens is 370 g/mol. The Hall–Kier alpha value is -1.56. The summed E-state index contributed by atoms with van der Waals surface area (Å²) in [5, 5.41) is 0. The zero-order chi connectivity index (χ0) is 20.8. The van der Waals surface area contributed by atoms with E-state index in [2.05, 4.69) is 16.6 Å². The molecule has 1 aromatic carbocycles. The summed E-state index contributed by atoms with van der Waals surface area (Å²) in [5.74, 6) is 1.08. The van der Waals surface area contributed by atoms with Crippen molar-refractivity contribution in [1.82, 2.24) is 0 Å². The molecule has 0 heterocycles. The molecule has 0 aromatic heterocycles.